The quantitative estimate of drug-likeness (QED) is 0.592. The molecule has 0 fully saturated rings. The van der Waals surface area contributed by atoms with Crippen LogP contribution in [0.5, 0.6) is 0 Å². The Balaban J connectivity index is 2.50. The number of rotatable bonds is 7. The molecule has 108 valence electrons. The summed E-state index contributed by atoms with van der Waals surface area (Å²) in [6.07, 6.45) is 1.27. The van der Waals surface area contributed by atoms with Gasteiger partial charge >= 0.3 is 0 Å². The molecule has 4 heteroatoms. The van der Waals surface area contributed by atoms with Gasteiger partial charge in [-0.05, 0) is 43.5 Å². The third kappa shape index (κ3) is 5.26. The summed E-state index contributed by atoms with van der Waals surface area (Å²) in [6, 6.07) is 5.81. The van der Waals surface area contributed by atoms with Crippen LogP contribution in [0.1, 0.15) is 32.3 Å². The molecule has 4 nitrogen and oxygen atoms in total. The molecule has 0 aliphatic rings. The van der Waals surface area contributed by atoms with Crippen LogP contribution in [0.4, 0.5) is 11.4 Å². The van der Waals surface area contributed by atoms with Crippen LogP contribution in [0, 0.1) is 6.92 Å². The average Bonchev–Trinajstić information content (AvgIpc) is 2.37. The summed E-state index contributed by atoms with van der Waals surface area (Å²) in [5.41, 5.74) is 3.36. The van der Waals surface area contributed by atoms with Gasteiger partial charge in [0.2, 0.25) is 5.91 Å². The molecule has 0 aliphatic heterocycles. The molecule has 1 aromatic rings. The number of aryl methyl sites for hydroxylation is 1. The van der Waals surface area contributed by atoms with Gasteiger partial charge in [0.25, 0.3) is 0 Å². The minimum Gasteiger partial charge on any atom is -0.385 e. The Morgan fingerprint density at radius 1 is 1.25 bits per heavy atom. The lowest BCUT2D eigenvalue weighted by Crippen LogP contribution is -2.09. The predicted octanol–water partition coefficient (Wildman–Crippen LogP) is 3.29. The molecule has 0 radical (unpaired) electrons. The van der Waals surface area contributed by atoms with E-state index in [1.165, 1.54) is 6.92 Å². The van der Waals surface area contributed by atoms with Crippen molar-refractivity contribution < 1.29 is 9.59 Å². The summed E-state index contributed by atoms with van der Waals surface area (Å²) in [5, 5.41) is 6.04. The Bertz CT molecular complexity index is 521. The number of ketones is 1. The molecule has 0 saturated heterocycles. The van der Waals surface area contributed by atoms with Gasteiger partial charge in [0, 0.05) is 31.3 Å². The first-order valence-electron chi connectivity index (χ1n) is 6.71. The van der Waals surface area contributed by atoms with E-state index in [-0.39, 0.29) is 11.7 Å². The van der Waals surface area contributed by atoms with Crippen LogP contribution in [-0.4, -0.2) is 18.2 Å². The van der Waals surface area contributed by atoms with Crippen molar-refractivity contribution in [3.8, 4) is 0 Å². The van der Waals surface area contributed by atoms with Crippen molar-refractivity contribution >= 4 is 23.1 Å². The maximum Gasteiger partial charge on any atom is 0.221 e. The second-order valence-electron chi connectivity index (χ2n) is 4.94. The molecule has 2 N–H and O–H groups in total. The number of hydrogen-bond acceptors (Lipinski definition) is 3. The lowest BCUT2D eigenvalue weighted by molar-refractivity contribution is -0.115. The Hall–Kier alpha value is -2.10. The SMILES string of the molecule is C=C(C)C(=O)CCCNc1ccc(C)c(NC(C)=O)c1. The highest BCUT2D eigenvalue weighted by Crippen LogP contribution is 2.20. The number of carbonyl (C=O) groups excluding carboxylic acids is 2. The second-order valence-corrected chi connectivity index (χ2v) is 4.94. The standard InChI is InChI=1S/C16H22N2O2/c1-11(2)16(20)6-5-9-17-14-8-7-12(3)15(10-14)18-13(4)19/h7-8,10,17H,1,5-6,9H2,2-4H3,(H,18,19). The van der Waals surface area contributed by atoms with Crippen LogP contribution in [0.3, 0.4) is 0 Å². The Labute approximate surface area is 120 Å². The van der Waals surface area contributed by atoms with E-state index in [2.05, 4.69) is 17.2 Å². The second kappa shape index (κ2) is 7.48. The summed E-state index contributed by atoms with van der Waals surface area (Å²) in [4.78, 5) is 22.5. The van der Waals surface area contributed by atoms with Crippen molar-refractivity contribution in [3.05, 3.63) is 35.9 Å². The third-order valence-electron chi connectivity index (χ3n) is 2.93. The Kier molecular flexibility index (Phi) is 5.97. The lowest BCUT2D eigenvalue weighted by Gasteiger charge is -2.11. The van der Waals surface area contributed by atoms with E-state index in [9.17, 15) is 9.59 Å². The van der Waals surface area contributed by atoms with Gasteiger partial charge < -0.3 is 10.6 Å². The fourth-order valence-corrected chi connectivity index (χ4v) is 1.75. The fourth-order valence-electron chi connectivity index (χ4n) is 1.75. The first-order chi connectivity index (χ1) is 9.40. The first kappa shape index (κ1) is 16.0. The van der Waals surface area contributed by atoms with Gasteiger partial charge in [-0.3, -0.25) is 9.59 Å². The largest absolute Gasteiger partial charge is 0.385 e. The van der Waals surface area contributed by atoms with E-state index in [0.29, 0.717) is 18.5 Å². The molecule has 0 unspecified atom stereocenters. The van der Waals surface area contributed by atoms with Crippen molar-refractivity contribution in [3.63, 3.8) is 0 Å². The van der Waals surface area contributed by atoms with E-state index in [4.69, 9.17) is 0 Å². The summed E-state index contributed by atoms with van der Waals surface area (Å²) in [6.45, 7) is 9.51. The summed E-state index contributed by atoms with van der Waals surface area (Å²) in [5.74, 6) is 0.0203. The molecule has 0 saturated carbocycles. The topological polar surface area (TPSA) is 58.2 Å². The van der Waals surface area contributed by atoms with E-state index in [1.807, 2.05) is 25.1 Å². The maximum atomic E-state index is 11.4. The average molecular weight is 274 g/mol. The predicted molar refractivity (Wildman–Crippen MR) is 83.0 cm³/mol. The highest BCUT2D eigenvalue weighted by Gasteiger charge is 2.03. The minimum absolute atomic E-state index is 0.0858. The number of amides is 1. The number of carbonyl (C=O) groups is 2. The van der Waals surface area contributed by atoms with Gasteiger partial charge in [-0.15, -0.1) is 0 Å². The van der Waals surface area contributed by atoms with E-state index in [0.717, 1.165) is 23.4 Å². The highest BCUT2D eigenvalue weighted by atomic mass is 16.1. The Morgan fingerprint density at radius 2 is 1.95 bits per heavy atom. The zero-order valence-electron chi connectivity index (χ0n) is 12.4. The van der Waals surface area contributed by atoms with Crippen LogP contribution < -0.4 is 10.6 Å². The molecular formula is C16H22N2O2. The zero-order valence-corrected chi connectivity index (χ0v) is 12.4. The molecular weight excluding hydrogens is 252 g/mol. The molecule has 1 amide bonds. The Morgan fingerprint density at radius 3 is 2.55 bits per heavy atom. The summed E-state index contributed by atoms with van der Waals surface area (Å²) in [7, 11) is 0. The molecule has 0 aliphatic carbocycles. The van der Waals surface area contributed by atoms with Crippen LogP contribution in [0.15, 0.2) is 30.4 Å². The molecule has 20 heavy (non-hydrogen) atoms. The fraction of sp³-hybridized carbons (Fsp3) is 0.375. The molecule has 0 heterocycles. The van der Waals surface area contributed by atoms with Crippen molar-refractivity contribution in [2.75, 3.05) is 17.2 Å². The number of nitrogens with one attached hydrogen (secondary N) is 2. The number of hydrogen-bond donors (Lipinski definition) is 2. The van der Waals surface area contributed by atoms with Gasteiger partial charge in [0.1, 0.15) is 0 Å². The smallest absolute Gasteiger partial charge is 0.221 e. The lowest BCUT2D eigenvalue weighted by atomic mass is 10.1. The normalized spacial score (nSPS) is 9.95. The maximum absolute atomic E-state index is 11.4. The van der Waals surface area contributed by atoms with Crippen molar-refractivity contribution in [2.45, 2.75) is 33.6 Å². The van der Waals surface area contributed by atoms with Gasteiger partial charge in [0.05, 0.1) is 0 Å². The van der Waals surface area contributed by atoms with E-state index < -0.39 is 0 Å². The molecule has 1 rings (SSSR count). The zero-order chi connectivity index (χ0) is 15.1. The monoisotopic (exact) mass is 274 g/mol. The van der Waals surface area contributed by atoms with Gasteiger partial charge in [-0.25, -0.2) is 0 Å². The van der Waals surface area contributed by atoms with Crippen molar-refractivity contribution in [1.82, 2.24) is 0 Å². The van der Waals surface area contributed by atoms with Crippen LogP contribution >= 0.6 is 0 Å². The highest BCUT2D eigenvalue weighted by molar-refractivity contribution is 5.94. The van der Waals surface area contributed by atoms with Crippen molar-refractivity contribution in [1.29, 1.82) is 0 Å². The van der Waals surface area contributed by atoms with Crippen LogP contribution in [-0.2, 0) is 9.59 Å². The molecule has 0 spiro atoms. The number of anilines is 2. The van der Waals surface area contributed by atoms with Gasteiger partial charge in [0.15, 0.2) is 5.78 Å². The molecule has 1 aromatic carbocycles. The van der Waals surface area contributed by atoms with Crippen LogP contribution in [0.25, 0.3) is 0 Å². The number of allylic oxidation sites excluding steroid dienone is 1. The number of benzene rings is 1. The van der Waals surface area contributed by atoms with E-state index in [1.54, 1.807) is 6.92 Å². The van der Waals surface area contributed by atoms with Gasteiger partial charge in [-0.2, -0.15) is 0 Å². The van der Waals surface area contributed by atoms with Gasteiger partial charge in [-0.1, -0.05) is 12.6 Å². The summed E-state index contributed by atoms with van der Waals surface area (Å²) >= 11 is 0. The molecule has 0 bridgehead atoms. The minimum atomic E-state index is -0.0858. The molecule has 0 aromatic heterocycles. The number of Topliss-reactive ketones (excluding diaryl/α,β-unsaturated/α-hetero) is 1. The van der Waals surface area contributed by atoms with Crippen LogP contribution in [0.2, 0.25) is 0 Å². The van der Waals surface area contributed by atoms with Crippen molar-refractivity contribution in [2.24, 2.45) is 0 Å². The summed E-state index contributed by atoms with van der Waals surface area (Å²) < 4.78 is 0. The third-order valence-corrected chi connectivity index (χ3v) is 2.93. The molecule has 0 atom stereocenters. The van der Waals surface area contributed by atoms with E-state index >= 15 is 0 Å². The first-order valence-corrected chi connectivity index (χ1v) is 6.71.